The van der Waals surface area contributed by atoms with Crippen LogP contribution in [0.25, 0.3) is 0 Å². The molecule has 0 aliphatic carbocycles. The van der Waals surface area contributed by atoms with Crippen LogP contribution in [0.5, 0.6) is 0 Å². The Morgan fingerprint density at radius 3 is 2.80 bits per heavy atom. The molecule has 1 aromatic rings. The van der Waals surface area contributed by atoms with Gasteiger partial charge in [-0.15, -0.1) is 0 Å². The van der Waals surface area contributed by atoms with E-state index in [-0.39, 0.29) is 5.89 Å². The van der Waals surface area contributed by atoms with Gasteiger partial charge in [0.2, 0.25) is 6.20 Å². The number of carbonyl (C=O) groups excluding carboxylic acids is 1. The molecule has 0 saturated heterocycles. The molecule has 84 valence electrons. The van der Waals surface area contributed by atoms with Gasteiger partial charge in [0.25, 0.3) is 0 Å². The highest BCUT2D eigenvalue weighted by Gasteiger charge is 2.14. The van der Waals surface area contributed by atoms with Crippen LogP contribution in [0.1, 0.15) is 49.7 Å². The minimum Gasteiger partial charge on any atom is -0.537 e. The van der Waals surface area contributed by atoms with E-state index in [1.165, 1.54) is 25.5 Å². The summed E-state index contributed by atoms with van der Waals surface area (Å²) in [6.07, 6.45) is 8.76. The molecule has 0 bridgehead atoms. The largest absolute Gasteiger partial charge is 0.537 e. The average molecular weight is 211 g/mol. The van der Waals surface area contributed by atoms with Gasteiger partial charge in [-0.3, -0.25) is 0 Å². The number of aromatic nitrogens is 1. The highest BCUT2D eigenvalue weighted by Crippen LogP contribution is 2.02. The number of unbranched alkanes of at least 4 members (excludes halogenated alkanes) is 4. The van der Waals surface area contributed by atoms with E-state index < -0.39 is 5.97 Å². The van der Waals surface area contributed by atoms with Gasteiger partial charge in [0.15, 0.2) is 18.8 Å². The van der Waals surface area contributed by atoms with E-state index >= 15 is 0 Å². The third-order valence-electron chi connectivity index (χ3n) is 2.36. The van der Waals surface area contributed by atoms with E-state index in [2.05, 4.69) is 6.92 Å². The number of aromatic carboxylic acids is 1. The highest BCUT2D eigenvalue weighted by atomic mass is 16.4. The lowest BCUT2D eigenvalue weighted by Crippen LogP contribution is -2.42. The van der Waals surface area contributed by atoms with Crippen LogP contribution in [-0.2, 0) is 6.54 Å². The van der Waals surface area contributed by atoms with Gasteiger partial charge in [-0.25, -0.2) is 0 Å². The first-order chi connectivity index (χ1) is 7.25. The van der Waals surface area contributed by atoms with Crippen LogP contribution in [0.2, 0.25) is 0 Å². The smallest absolute Gasteiger partial charge is 0.396 e. The fourth-order valence-corrected chi connectivity index (χ4v) is 1.53. The lowest BCUT2D eigenvalue weighted by atomic mass is 10.1. The van der Waals surface area contributed by atoms with Crippen molar-refractivity contribution in [2.45, 2.75) is 45.6 Å². The maximum Gasteiger partial charge on any atom is 0.396 e. The third-order valence-corrected chi connectivity index (χ3v) is 2.36. The van der Waals surface area contributed by atoms with E-state index in [0.29, 0.717) is 6.54 Å². The van der Waals surface area contributed by atoms with Gasteiger partial charge < -0.3 is 14.3 Å². The predicted octanol–water partition coefficient (Wildman–Crippen LogP) is 0.901. The Morgan fingerprint density at radius 1 is 1.40 bits per heavy atom. The molecule has 0 atom stereocenters. The van der Waals surface area contributed by atoms with Crippen molar-refractivity contribution in [1.29, 1.82) is 0 Å². The second kappa shape index (κ2) is 6.22. The summed E-state index contributed by atoms with van der Waals surface area (Å²) in [5, 5.41) is 10.6. The van der Waals surface area contributed by atoms with Crippen LogP contribution in [0.3, 0.4) is 0 Å². The molecular weight excluding hydrogens is 194 g/mol. The monoisotopic (exact) mass is 211 g/mol. The van der Waals surface area contributed by atoms with Gasteiger partial charge in [-0.05, 0) is 6.42 Å². The molecule has 0 saturated carbocycles. The van der Waals surface area contributed by atoms with Crippen LogP contribution in [-0.4, -0.2) is 5.97 Å². The number of hydrogen-bond donors (Lipinski definition) is 0. The van der Waals surface area contributed by atoms with Gasteiger partial charge in [0.1, 0.15) is 0 Å². The molecule has 4 nitrogen and oxygen atoms in total. The van der Waals surface area contributed by atoms with Crippen molar-refractivity contribution in [2.75, 3.05) is 0 Å². The summed E-state index contributed by atoms with van der Waals surface area (Å²) < 4.78 is 6.39. The number of nitrogens with zero attached hydrogens (tertiary/aromatic N) is 1. The summed E-state index contributed by atoms with van der Waals surface area (Å²) >= 11 is 0. The summed E-state index contributed by atoms with van der Waals surface area (Å²) in [6, 6.07) is 0. The molecule has 0 unspecified atom stereocenters. The van der Waals surface area contributed by atoms with Gasteiger partial charge in [0.05, 0.1) is 0 Å². The predicted molar refractivity (Wildman–Crippen MR) is 52.0 cm³/mol. The van der Waals surface area contributed by atoms with Gasteiger partial charge in [-0.2, -0.15) is 4.57 Å². The lowest BCUT2D eigenvalue weighted by Gasteiger charge is -1.98. The summed E-state index contributed by atoms with van der Waals surface area (Å²) in [4.78, 5) is 10.6. The van der Waals surface area contributed by atoms with E-state index in [4.69, 9.17) is 4.42 Å². The van der Waals surface area contributed by atoms with Gasteiger partial charge in [0, 0.05) is 6.42 Å². The molecule has 15 heavy (non-hydrogen) atoms. The van der Waals surface area contributed by atoms with Crippen LogP contribution >= 0.6 is 0 Å². The lowest BCUT2D eigenvalue weighted by molar-refractivity contribution is -0.704. The zero-order chi connectivity index (χ0) is 11.1. The van der Waals surface area contributed by atoms with E-state index in [0.717, 1.165) is 12.8 Å². The number of carboxylic acids is 1. The fraction of sp³-hybridized carbons (Fsp3) is 0.636. The minimum absolute atomic E-state index is 0.0921. The Kier molecular flexibility index (Phi) is 4.87. The Bertz CT molecular complexity index is 307. The van der Waals surface area contributed by atoms with Crippen molar-refractivity contribution in [3.63, 3.8) is 0 Å². The quantitative estimate of drug-likeness (QED) is 0.497. The third kappa shape index (κ3) is 3.73. The normalized spacial score (nSPS) is 10.5. The molecule has 0 radical (unpaired) electrons. The van der Waals surface area contributed by atoms with Crippen LogP contribution in [0.4, 0.5) is 0 Å². The maximum atomic E-state index is 10.6. The van der Waals surface area contributed by atoms with E-state index in [1.54, 1.807) is 10.8 Å². The van der Waals surface area contributed by atoms with Crippen LogP contribution < -0.4 is 9.67 Å². The molecule has 0 fully saturated rings. The van der Waals surface area contributed by atoms with Crippen LogP contribution in [0, 0.1) is 0 Å². The Labute approximate surface area is 89.5 Å². The van der Waals surface area contributed by atoms with Gasteiger partial charge >= 0.3 is 5.89 Å². The van der Waals surface area contributed by atoms with Crippen molar-refractivity contribution in [2.24, 2.45) is 0 Å². The molecule has 0 aliphatic rings. The summed E-state index contributed by atoms with van der Waals surface area (Å²) in [7, 11) is 0. The second-order valence-corrected chi connectivity index (χ2v) is 3.60. The summed E-state index contributed by atoms with van der Waals surface area (Å²) in [5.74, 6) is -1.35. The molecule has 0 N–H and O–H groups in total. The topological polar surface area (TPSA) is 57.2 Å². The number of carbonyl (C=O) groups is 1. The van der Waals surface area contributed by atoms with E-state index in [1.807, 2.05) is 0 Å². The summed E-state index contributed by atoms with van der Waals surface area (Å²) in [6.45, 7) is 2.85. The molecule has 4 heteroatoms. The number of aryl methyl sites for hydroxylation is 1. The number of rotatable bonds is 7. The first kappa shape index (κ1) is 11.8. The van der Waals surface area contributed by atoms with Crippen molar-refractivity contribution in [3.8, 4) is 0 Å². The average Bonchev–Trinajstić information content (AvgIpc) is 2.66. The Balaban J connectivity index is 2.31. The zero-order valence-electron chi connectivity index (χ0n) is 9.07. The molecule has 1 aromatic heterocycles. The van der Waals surface area contributed by atoms with Crippen molar-refractivity contribution in [1.82, 2.24) is 0 Å². The Morgan fingerprint density at radius 2 is 2.13 bits per heavy atom. The van der Waals surface area contributed by atoms with E-state index in [9.17, 15) is 9.90 Å². The van der Waals surface area contributed by atoms with Crippen molar-refractivity contribution < 1.29 is 18.9 Å². The second-order valence-electron chi connectivity index (χ2n) is 3.60. The van der Waals surface area contributed by atoms with Crippen LogP contribution in [0.15, 0.2) is 16.9 Å². The molecule has 0 aromatic carbocycles. The minimum atomic E-state index is -1.26. The SMILES string of the molecule is CCCCCCC[n+]1ccoc1C(=O)[O-]. The number of hydrogen-bond acceptors (Lipinski definition) is 3. The molecule has 0 amide bonds. The standard InChI is InChI=1S/C11H17NO3/c1-2-3-4-5-6-7-12-8-9-15-10(12)11(13)14/h8-9H,2-7H2,1H3. The first-order valence-electron chi connectivity index (χ1n) is 5.44. The first-order valence-corrected chi connectivity index (χ1v) is 5.44. The van der Waals surface area contributed by atoms with Crippen molar-refractivity contribution >= 4 is 5.97 Å². The highest BCUT2D eigenvalue weighted by molar-refractivity contribution is 5.78. The maximum absolute atomic E-state index is 10.6. The summed E-state index contributed by atoms with van der Waals surface area (Å²) in [5.41, 5.74) is 0. The molecule has 1 rings (SSSR count). The van der Waals surface area contributed by atoms with Crippen molar-refractivity contribution in [3.05, 3.63) is 18.4 Å². The molecule has 1 heterocycles. The van der Waals surface area contributed by atoms with Gasteiger partial charge in [-0.1, -0.05) is 26.2 Å². The molecular formula is C11H17NO3. The number of carboxylic acid groups (broad SMARTS) is 1. The molecule has 0 spiro atoms. The fourth-order valence-electron chi connectivity index (χ4n) is 1.53. The Hall–Kier alpha value is -1.32. The zero-order valence-corrected chi connectivity index (χ0v) is 9.07. The number of oxazole rings is 1. The molecule has 0 aliphatic heterocycles.